The van der Waals surface area contributed by atoms with Crippen LogP contribution in [0, 0.1) is 0 Å². The molecule has 0 radical (unpaired) electrons. The molecular formula is C15H30N2O6. The van der Waals surface area contributed by atoms with Crippen molar-refractivity contribution in [3.8, 4) is 0 Å². The summed E-state index contributed by atoms with van der Waals surface area (Å²) in [6, 6.07) is 0. The molecule has 0 unspecified atom stereocenters. The lowest BCUT2D eigenvalue weighted by molar-refractivity contribution is -0.131. The van der Waals surface area contributed by atoms with Crippen LogP contribution in [0.15, 0.2) is 12.2 Å². The van der Waals surface area contributed by atoms with Crippen LogP contribution in [0.1, 0.15) is 0 Å². The summed E-state index contributed by atoms with van der Waals surface area (Å²) in [5.74, 6) is -0.932. The van der Waals surface area contributed by atoms with Crippen molar-refractivity contribution in [2.24, 2.45) is 5.73 Å². The van der Waals surface area contributed by atoms with Gasteiger partial charge in [-0.1, -0.05) is 6.08 Å². The van der Waals surface area contributed by atoms with Crippen LogP contribution >= 0.6 is 0 Å². The molecule has 0 atom stereocenters. The van der Waals surface area contributed by atoms with Crippen LogP contribution in [-0.2, 0) is 23.7 Å². The molecule has 0 spiro atoms. The minimum Gasteiger partial charge on any atom is -0.478 e. The van der Waals surface area contributed by atoms with E-state index in [0.29, 0.717) is 65.9 Å². The number of ether oxygens (including phenoxy) is 4. The van der Waals surface area contributed by atoms with Crippen molar-refractivity contribution < 1.29 is 28.8 Å². The Balaban J connectivity index is 3.17. The zero-order valence-corrected chi connectivity index (χ0v) is 13.9. The van der Waals surface area contributed by atoms with Crippen molar-refractivity contribution in [1.29, 1.82) is 0 Å². The molecule has 8 nitrogen and oxygen atoms in total. The predicted molar refractivity (Wildman–Crippen MR) is 86.6 cm³/mol. The first-order valence-corrected chi connectivity index (χ1v) is 7.76. The summed E-state index contributed by atoms with van der Waals surface area (Å²) in [5.41, 5.74) is 5.28. The van der Waals surface area contributed by atoms with Crippen LogP contribution in [0.3, 0.4) is 0 Å². The Bertz CT molecular complexity index is 302. The summed E-state index contributed by atoms with van der Waals surface area (Å²) >= 11 is 0. The van der Waals surface area contributed by atoms with E-state index >= 15 is 0 Å². The minimum absolute atomic E-state index is 0.523. The molecule has 0 aliphatic rings. The molecule has 3 N–H and O–H groups in total. The highest BCUT2D eigenvalue weighted by Crippen LogP contribution is 1.87. The summed E-state index contributed by atoms with van der Waals surface area (Å²) in [6.07, 6.45) is 2.74. The summed E-state index contributed by atoms with van der Waals surface area (Å²) in [7, 11) is 1.90. The Kier molecular flexibility index (Phi) is 16.5. The Morgan fingerprint density at radius 2 is 1.43 bits per heavy atom. The molecule has 0 saturated heterocycles. The average Bonchev–Trinajstić information content (AvgIpc) is 2.51. The van der Waals surface area contributed by atoms with Gasteiger partial charge in [-0.05, 0) is 7.05 Å². The first-order valence-electron chi connectivity index (χ1n) is 7.76. The molecule has 0 bridgehead atoms. The summed E-state index contributed by atoms with van der Waals surface area (Å²) < 4.78 is 21.3. The maximum atomic E-state index is 10.3. The zero-order chi connectivity index (χ0) is 17.2. The summed E-state index contributed by atoms with van der Waals surface area (Å²) in [4.78, 5) is 12.3. The summed E-state index contributed by atoms with van der Waals surface area (Å²) in [5, 5.41) is 8.46. The van der Waals surface area contributed by atoms with Gasteiger partial charge in [0.05, 0.1) is 52.9 Å². The lowest BCUT2D eigenvalue weighted by atomic mass is 10.4. The van der Waals surface area contributed by atoms with Crippen LogP contribution in [-0.4, -0.2) is 95.5 Å². The molecule has 0 aromatic carbocycles. The number of carboxylic acids is 1. The number of carbonyl (C=O) groups is 1. The molecule has 0 heterocycles. The van der Waals surface area contributed by atoms with E-state index in [0.717, 1.165) is 12.6 Å². The third-order valence-corrected chi connectivity index (χ3v) is 2.67. The van der Waals surface area contributed by atoms with Gasteiger partial charge in [0, 0.05) is 25.7 Å². The van der Waals surface area contributed by atoms with Crippen LogP contribution in [0.2, 0.25) is 0 Å². The number of nitrogens with two attached hydrogens (primary N) is 1. The van der Waals surface area contributed by atoms with Gasteiger partial charge < -0.3 is 34.7 Å². The van der Waals surface area contributed by atoms with E-state index in [1.54, 1.807) is 6.08 Å². The molecule has 0 aromatic heterocycles. The first-order chi connectivity index (χ1) is 11.2. The predicted octanol–water partition coefficient (Wildman–Crippen LogP) is -0.416. The van der Waals surface area contributed by atoms with Crippen molar-refractivity contribution in [2.45, 2.75) is 0 Å². The average molecular weight is 334 g/mol. The second-order valence-electron chi connectivity index (χ2n) is 4.74. The van der Waals surface area contributed by atoms with Crippen molar-refractivity contribution >= 4 is 5.97 Å². The zero-order valence-electron chi connectivity index (χ0n) is 13.9. The number of aliphatic carboxylic acids is 1. The van der Waals surface area contributed by atoms with Crippen LogP contribution in [0.5, 0.6) is 0 Å². The van der Waals surface area contributed by atoms with Gasteiger partial charge in [-0.15, -0.1) is 0 Å². The standard InChI is InChI=1S/C15H30N2O6/c1-17(5-2-3-15(18)19)6-8-21-10-12-23-14-13-22-11-9-20-7-4-16/h2-3H,4-14,16H2,1H3,(H,18,19). The number of rotatable bonds is 17. The van der Waals surface area contributed by atoms with Gasteiger partial charge >= 0.3 is 5.97 Å². The lowest BCUT2D eigenvalue weighted by Gasteiger charge is -2.14. The van der Waals surface area contributed by atoms with E-state index in [1.165, 1.54) is 0 Å². The van der Waals surface area contributed by atoms with E-state index in [-0.39, 0.29) is 0 Å². The topological polar surface area (TPSA) is 103 Å². The SMILES string of the molecule is CN(CC=CC(=O)O)CCOCCOCCOCCOCCN. The quantitative estimate of drug-likeness (QED) is 0.273. The monoisotopic (exact) mass is 334 g/mol. The van der Waals surface area contributed by atoms with Crippen LogP contribution < -0.4 is 5.73 Å². The largest absolute Gasteiger partial charge is 0.478 e. The highest BCUT2D eigenvalue weighted by molar-refractivity contribution is 5.79. The van der Waals surface area contributed by atoms with E-state index in [1.807, 2.05) is 11.9 Å². The van der Waals surface area contributed by atoms with E-state index in [2.05, 4.69) is 0 Å². The molecule has 136 valence electrons. The molecule has 0 aliphatic heterocycles. The second-order valence-corrected chi connectivity index (χ2v) is 4.74. The molecule has 8 heteroatoms. The van der Waals surface area contributed by atoms with Crippen LogP contribution in [0.25, 0.3) is 0 Å². The maximum absolute atomic E-state index is 10.3. The smallest absolute Gasteiger partial charge is 0.328 e. The molecule has 0 fully saturated rings. The number of hydrogen-bond acceptors (Lipinski definition) is 7. The Morgan fingerprint density at radius 3 is 1.91 bits per heavy atom. The van der Waals surface area contributed by atoms with Gasteiger partial charge in [-0.3, -0.25) is 0 Å². The third kappa shape index (κ3) is 18.9. The number of likely N-dealkylation sites (N-methyl/N-ethyl adjacent to an activating group) is 1. The Hall–Kier alpha value is -1.03. The van der Waals surface area contributed by atoms with Crippen molar-refractivity contribution in [3.63, 3.8) is 0 Å². The van der Waals surface area contributed by atoms with Crippen molar-refractivity contribution in [2.75, 3.05) is 79.5 Å². The van der Waals surface area contributed by atoms with Gasteiger partial charge in [0.1, 0.15) is 0 Å². The van der Waals surface area contributed by atoms with Crippen molar-refractivity contribution in [1.82, 2.24) is 4.90 Å². The van der Waals surface area contributed by atoms with Gasteiger partial charge in [0.15, 0.2) is 0 Å². The normalized spacial score (nSPS) is 11.6. The number of nitrogens with zero attached hydrogens (tertiary/aromatic N) is 1. The maximum Gasteiger partial charge on any atom is 0.328 e. The van der Waals surface area contributed by atoms with Gasteiger partial charge in [0.25, 0.3) is 0 Å². The van der Waals surface area contributed by atoms with E-state index in [4.69, 9.17) is 29.8 Å². The molecule has 0 saturated carbocycles. The van der Waals surface area contributed by atoms with Gasteiger partial charge in [0.2, 0.25) is 0 Å². The highest BCUT2D eigenvalue weighted by atomic mass is 16.6. The van der Waals surface area contributed by atoms with E-state index in [9.17, 15) is 4.79 Å². The fraction of sp³-hybridized carbons (Fsp3) is 0.800. The molecule has 0 aliphatic carbocycles. The first kappa shape index (κ1) is 22.0. The summed E-state index contributed by atoms with van der Waals surface area (Å²) in [6.45, 7) is 6.18. The Labute approximate surface area is 138 Å². The molecule has 0 rings (SSSR count). The lowest BCUT2D eigenvalue weighted by Crippen LogP contribution is -2.24. The minimum atomic E-state index is -0.932. The number of carboxylic acid groups (broad SMARTS) is 1. The highest BCUT2D eigenvalue weighted by Gasteiger charge is 1.97. The van der Waals surface area contributed by atoms with Crippen LogP contribution in [0.4, 0.5) is 0 Å². The second kappa shape index (κ2) is 17.3. The molecule has 0 aromatic rings. The molecule has 23 heavy (non-hydrogen) atoms. The molecular weight excluding hydrogens is 304 g/mol. The number of hydrogen-bond donors (Lipinski definition) is 2. The fourth-order valence-corrected chi connectivity index (χ4v) is 1.49. The van der Waals surface area contributed by atoms with Gasteiger partial charge in [-0.25, -0.2) is 4.79 Å². The van der Waals surface area contributed by atoms with Gasteiger partial charge in [-0.2, -0.15) is 0 Å². The molecule has 0 amide bonds. The third-order valence-electron chi connectivity index (χ3n) is 2.67. The Morgan fingerprint density at radius 1 is 0.957 bits per heavy atom. The van der Waals surface area contributed by atoms with E-state index < -0.39 is 5.97 Å². The fourth-order valence-electron chi connectivity index (χ4n) is 1.49. The van der Waals surface area contributed by atoms with Crippen molar-refractivity contribution in [3.05, 3.63) is 12.2 Å².